The molecular weight excluding hydrogens is 400 g/mol. The Balaban J connectivity index is 1.85. The van der Waals surface area contributed by atoms with E-state index >= 15 is 0 Å². The monoisotopic (exact) mass is 424 g/mol. The molecule has 0 saturated heterocycles. The Bertz CT molecular complexity index is 1100. The Labute approximate surface area is 179 Å². The van der Waals surface area contributed by atoms with Crippen LogP contribution >= 0.6 is 0 Å². The number of anilines is 1. The minimum Gasteiger partial charge on any atom is -0.497 e. The van der Waals surface area contributed by atoms with Gasteiger partial charge in [0.2, 0.25) is 5.75 Å². The summed E-state index contributed by atoms with van der Waals surface area (Å²) in [5, 5.41) is 2.72. The van der Waals surface area contributed by atoms with Crippen molar-refractivity contribution >= 4 is 11.6 Å². The number of nitrogens with zero attached hydrogens (tertiary/aromatic N) is 1. The molecule has 0 aliphatic rings. The van der Waals surface area contributed by atoms with Crippen LogP contribution in [0, 0.1) is 0 Å². The van der Waals surface area contributed by atoms with Crippen LogP contribution in [-0.2, 0) is 6.54 Å². The van der Waals surface area contributed by atoms with Gasteiger partial charge in [0.05, 0.1) is 35.0 Å². The van der Waals surface area contributed by atoms with Crippen LogP contribution in [0.5, 0.6) is 23.0 Å². The molecule has 162 valence electrons. The van der Waals surface area contributed by atoms with Crippen LogP contribution in [-0.4, -0.2) is 38.9 Å². The molecule has 0 aliphatic carbocycles. The Hall–Kier alpha value is -3.94. The second kappa shape index (κ2) is 9.71. The molecular formula is C23H24N2O6. The predicted octanol–water partition coefficient (Wildman–Crippen LogP) is 3.18. The maximum absolute atomic E-state index is 12.9. The molecule has 3 aromatic rings. The maximum Gasteiger partial charge on any atom is 0.263 e. The molecule has 2 aromatic carbocycles. The molecule has 8 heteroatoms. The number of rotatable bonds is 8. The molecule has 0 radical (unpaired) electrons. The molecule has 0 aliphatic heterocycles. The number of ether oxygens (including phenoxy) is 4. The summed E-state index contributed by atoms with van der Waals surface area (Å²) in [5.41, 5.74) is 0.933. The van der Waals surface area contributed by atoms with Crippen LogP contribution in [0.3, 0.4) is 0 Å². The standard InChI is InChI=1S/C23H24N2O6/c1-28-17-9-7-15(8-10-17)14-25-11-5-6-18(23(25)27)22(26)24-16-12-19(29-2)21(31-4)20(13-16)30-3/h5-13H,14H2,1-4H3,(H,24,26). The van der Waals surface area contributed by atoms with E-state index in [4.69, 9.17) is 18.9 Å². The summed E-state index contributed by atoms with van der Waals surface area (Å²) in [7, 11) is 6.05. The van der Waals surface area contributed by atoms with Crippen molar-refractivity contribution in [3.63, 3.8) is 0 Å². The molecule has 3 rings (SSSR count). The summed E-state index contributed by atoms with van der Waals surface area (Å²) in [4.78, 5) is 25.7. The lowest BCUT2D eigenvalue weighted by Crippen LogP contribution is -2.29. The zero-order valence-electron chi connectivity index (χ0n) is 17.8. The number of carbonyl (C=O) groups is 1. The third-order valence-electron chi connectivity index (χ3n) is 4.70. The van der Waals surface area contributed by atoms with E-state index < -0.39 is 11.5 Å². The quantitative estimate of drug-likeness (QED) is 0.598. The summed E-state index contributed by atoms with van der Waals surface area (Å²) >= 11 is 0. The smallest absolute Gasteiger partial charge is 0.263 e. The highest BCUT2D eigenvalue weighted by Gasteiger charge is 2.17. The van der Waals surface area contributed by atoms with E-state index in [1.165, 1.54) is 32.0 Å². The fraction of sp³-hybridized carbons (Fsp3) is 0.217. The van der Waals surface area contributed by atoms with E-state index in [9.17, 15) is 9.59 Å². The third kappa shape index (κ3) is 4.80. The van der Waals surface area contributed by atoms with Crippen LogP contribution < -0.4 is 29.8 Å². The van der Waals surface area contributed by atoms with Gasteiger partial charge in [-0.05, 0) is 29.8 Å². The third-order valence-corrected chi connectivity index (χ3v) is 4.70. The number of pyridine rings is 1. The van der Waals surface area contributed by atoms with E-state index in [0.29, 0.717) is 29.5 Å². The number of hydrogen-bond acceptors (Lipinski definition) is 6. The summed E-state index contributed by atoms with van der Waals surface area (Å²) in [6, 6.07) is 13.7. The van der Waals surface area contributed by atoms with Crippen LogP contribution in [0.25, 0.3) is 0 Å². The Kier molecular flexibility index (Phi) is 6.81. The lowest BCUT2D eigenvalue weighted by molar-refractivity contribution is 0.102. The number of methoxy groups -OCH3 is 4. The average Bonchev–Trinajstić information content (AvgIpc) is 2.80. The van der Waals surface area contributed by atoms with Gasteiger partial charge in [0, 0.05) is 24.0 Å². The largest absolute Gasteiger partial charge is 0.497 e. The van der Waals surface area contributed by atoms with Crippen molar-refractivity contribution in [1.82, 2.24) is 4.57 Å². The van der Waals surface area contributed by atoms with E-state index in [1.807, 2.05) is 24.3 Å². The number of amides is 1. The van der Waals surface area contributed by atoms with Crippen LogP contribution in [0.1, 0.15) is 15.9 Å². The van der Waals surface area contributed by atoms with Gasteiger partial charge in [-0.2, -0.15) is 0 Å². The van der Waals surface area contributed by atoms with Crippen LogP contribution in [0.15, 0.2) is 59.5 Å². The number of benzene rings is 2. The second-order valence-electron chi connectivity index (χ2n) is 6.57. The van der Waals surface area contributed by atoms with Gasteiger partial charge in [-0.25, -0.2) is 0 Å². The Morgan fingerprint density at radius 3 is 2.10 bits per heavy atom. The second-order valence-corrected chi connectivity index (χ2v) is 6.57. The number of carbonyl (C=O) groups excluding carboxylic acids is 1. The highest BCUT2D eigenvalue weighted by molar-refractivity contribution is 6.04. The molecule has 8 nitrogen and oxygen atoms in total. The molecule has 1 heterocycles. The number of nitrogens with one attached hydrogen (secondary N) is 1. The summed E-state index contributed by atoms with van der Waals surface area (Å²) in [5.74, 6) is 1.38. The lowest BCUT2D eigenvalue weighted by atomic mass is 10.2. The van der Waals surface area contributed by atoms with Gasteiger partial charge in [-0.1, -0.05) is 12.1 Å². The van der Waals surface area contributed by atoms with Crippen molar-refractivity contribution in [3.8, 4) is 23.0 Å². The van der Waals surface area contributed by atoms with Crippen LogP contribution in [0.2, 0.25) is 0 Å². The molecule has 0 spiro atoms. The maximum atomic E-state index is 12.9. The molecule has 0 saturated carbocycles. The Morgan fingerprint density at radius 2 is 1.55 bits per heavy atom. The highest BCUT2D eigenvalue weighted by atomic mass is 16.5. The topological polar surface area (TPSA) is 88.0 Å². The average molecular weight is 424 g/mol. The number of aromatic nitrogens is 1. The molecule has 1 aromatic heterocycles. The van der Waals surface area contributed by atoms with Gasteiger partial charge < -0.3 is 28.8 Å². The first-order chi connectivity index (χ1) is 15.0. The molecule has 0 fully saturated rings. The summed E-state index contributed by atoms with van der Waals surface area (Å²) < 4.78 is 22.5. The molecule has 1 amide bonds. The molecule has 0 bridgehead atoms. The zero-order chi connectivity index (χ0) is 22.4. The number of hydrogen-bond donors (Lipinski definition) is 1. The highest BCUT2D eigenvalue weighted by Crippen LogP contribution is 2.39. The van der Waals surface area contributed by atoms with E-state index in [1.54, 1.807) is 31.5 Å². The first-order valence-electron chi connectivity index (χ1n) is 9.44. The summed E-state index contributed by atoms with van der Waals surface area (Å²) in [6.07, 6.45) is 1.64. The van der Waals surface area contributed by atoms with Crippen molar-refractivity contribution in [2.45, 2.75) is 6.54 Å². The fourth-order valence-corrected chi connectivity index (χ4v) is 3.11. The first kappa shape index (κ1) is 21.8. The van der Waals surface area contributed by atoms with Gasteiger partial charge in [0.15, 0.2) is 11.5 Å². The van der Waals surface area contributed by atoms with Gasteiger partial charge in [0.1, 0.15) is 11.3 Å². The van der Waals surface area contributed by atoms with Crippen molar-refractivity contribution < 1.29 is 23.7 Å². The summed E-state index contributed by atoms with van der Waals surface area (Å²) in [6.45, 7) is 0.328. The fourth-order valence-electron chi connectivity index (χ4n) is 3.11. The molecule has 0 atom stereocenters. The van der Waals surface area contributed by atoms with E-state index in [0.717, 1.165) is 11.3 Å². The van der Waals surface area contributed by atoms with Gasteiger partial charge >= 0.3 is 0 Å². The van der Waals surface area contributed by atoms with Crippen molar-refractivity contribution in [2.75, 3.05) is 33.8 Å². The van der Waals surface area contributed by atoms with Gasteiger partial charge in [0.25, 0.3) is 11.5 Å². The SMILES string of the molecule is COc1ccc(Cn2cccc(C(=O)Nc3cc(OC)c(OC)c(OC)c3)c2=O)cc1. The zero-order valence-corrected chi connectivity index (χ0v) is 17.8. The lowest BCUT2D eigenvalue weighted by Gasteiger charge is -2.15. The first-order valence-corrected chi connectivity index (χ1v) is 9.44. The van der Waals surface area contributed by atoms with Crippen molar-refractivity contribution in [3.05, 3.63) is 76.2 Å². The molecule has 1 N–H and O–H groups in total. The van der Waals surface area contributed by atoms with E-state index in [2.05, 4.69) is 5.32 Å². The predicted molar refractivity (Wildman–Crippen MR) is 117 cm³/mol. The van der Waals surface area contributed by atoms with Gasteiger partial charge in [-0.15, -0.1) is 0 Å². The van der Waals surface area contributed by atoms with Crippen LogP contribution in [0.4, 0.5) is 5.69 Å². The molecule has 0 unspecified atom stereocenters. The molecule has 31 heavy (non-hydrogen) atoms. The normalized spacial score (nSPS) is 10.3. The minimum absolute atomic E-state index is 0.0183. The van der Waals surface area contributed by atoms with Crippen molar-refractivity contribution in [2.24, 2.45) is 0 Å². The van der Waals surface area contributed by atoms with E-state index in [-0.39, 0.29) is 5.56 Å². The minimum atomic E-state index is -0.539. The Morgan fingerprint density at radius 1 is 0.903 bits per heavy atom. The van der Waals surface area contributed by atoms with Gasteiger partial charge in [-0.3, -0.25) is 9.59 Å². The van der Waals surface area contributed by atoms with Crippen molar-refractivity contribution in [1.29, 1.82) is 0 Å².